The fraction of sp³-hybridized carbons (Fsp3) is 1.00. The molecule has 0 amide bonds. The van der Waals surface area contributed by atoms with Gasteiger partial charge in [-0.25, -0.2) is 0 Å². The number of hydrogen-bond acceptors (Lipinski definition) is 4. The molecule has 0 saturated carbocycles. The average Bonchev–Trinajstić information content (AvgIpc) is 2.34. The Morgan fingerprint density at radius 2 is 1.83 bits per heavy atom. The standard InChI is InChI=1S/C14H27NO2S/c1-2-3-6-17-7-4-5-15-8-12-10-18-11-13(9-15)14(12)16/h12-14,16H,2-11H2,1H3. The van der Waals surface area contributed by atoms with Crippen LogP contribution in [-0.2, 0) is 4.74 Å². The number of ether oxygens (including phenoxy) is 1. The van der Waals surface area contributed by atoms with Gasteiger partial charge in [0.05, 0.1) is 6.10 Å². The molecule has 0 aromatic carbocycles. The third kappa shape index (κ3) is 4.12. The zero-order chi connectivity index (χ0) is 12.8. The predicted octanol–water partition coefficient (Wildman–Crippen LogP) is 1.85. The van der Waals surface area contributed by atoms with Gasteiger partial charge in [0, 0.05) is 44.7 Å². The first-order valence-corrected chi connectivity index (χ1v) is 8.52. The van der Waals surface area contributed by atoms with E-state index in [0.717, 1.165) is 50.8 Å². The number of aliphatic hydroxyl groups is 1. The van der Waals surface area contributed by atoms with Crippen molar-refractivity contribution < 1.29 is 9.84 Å². The van der Waals surface area contributed by atoms with Crippen LogP contribution in [0.1, 0.15) is 26.2 Å². The maximum Gasteiger partial charge on any atom is 0.0636 e. The van der Waals surface area contributed by atoms with Gasteiger partial charge in [-0.3, -0.25) is 0 Å². The van der Waals surface area contributed by atoms with Gasteiger partial charge in [-0.15, -0.1) is 0 Å². The van der Waals surface area contributed by atoms with Gasteiger partial charge in [0.25, 0.3) is 0 Å². The fourth-order valence-electron chi connectivity index (χ4n) is 2.93. The quantitative estimate of drug-likeness (QED) is 0.718. The second-order valence-electron chi connectivity index (χ2n) is 5.63. The molecule has 2 saturated heterocycles. The number of likely N-dealkylation sites (tertiary alicyclic amines) is 1. The Morgan fingerprint density at radius 1 is 1.17 bits per heavy atom. The Bertz CT molecular complexity index is 226. The summed E-state index contributed by atoms with van der Waals surface area (Å²) in [6.45, 7) is 7.30. The molecule has 2 aliphatic heterocycles. The van der Waals surface area contributed by atoms with Gasteiger partial charge in [0.1, 0.15) is 0 Å². The summed E-state index contributed by atoms with van der Waals surface area (Å²) in [5, 5.41) is 10.1. The molecule has 2 atom stereocenters. The minimum absolute atomic E-state index is 0.0386. The highest BCUT2D eigenvalue weighted by Crippen LogP contribution is 2.33. The predicted molar refractivity (Wildman–Crippen MR) is 77.1 cm³/mol. The lowest BCUT2D eigenvalue weighted by atomic mass is 9.87. The molecule has 2 aliphatic rings. The number of rotatable bonds is 7. The molecule has 1 N–H and O–H groups in total. The molecule has 18 heavy (non-hydrogen) atoms. The molecule has 2 fully saturated rings. The fourth-order valence-corrected chi connectivity index (χ4v) is 4.28. The average molecular weight is 273 g/mol. The maximum atomic E-state index is 10.1. The van der Waals surface area contributed by atoms with Crippen LogP contribution in [0, 0.1) is 11.8 Å². The second kappa shape index (κ2) is 7.73. The number of aliphatic hydroxyl groups excluding tert-OH is 1. The van der Waals surface area contributed by atoms with E-state index in [2.05, 4.69) is 11.8 Å². The second-order valence-corrected chi connectivity index (χ2v) is 6.70. The monoisotopic (exact) mass is 273 g/mol. The molecule has 4 heteroatoms. The van der Waals surface area contributed by atoms with Gasteiger partial charge in [0.15, 0.2) is 0 Å². The Morgan fingerprint density at radius 3 is 2.50 bits per heavy atom. The number of piperidine rings is 1. The molecule has 0 spiro atoms. The molecule has 0 aromatic heterocycles. The van der Waals surface area contributed by atoms with E-state index in [0.29, 0.717) is 11.8 Å². The van der Waals surface area contributed by atoms with Crippen molar-refractivity contribution in [1.82, 2.24) is 4.90 Å². The normalized spacial score (nSPS) is 32.7. The zero-order valence-corrected chi connectivity index (χ0v) is 12.3. The van der Waals surface area contributed by atoms with Gasteiger partial charge in [-0.2, -0.15) is 11.8 Å². The van der Waals surface area contributed by atoms with Gasteiger partial charge >= 0.3 is 0 Å². The Kier molecular flexibility index (Phi) is 6.29. The van der Waals surface area contributed by atoms with Crippen LogP contribution in [0.15, 0.2) is 0 Å². The number of nitrogens with zero attached hydrogens (tertiary/aromatic N) is 1. The highest BCUT2D eigenvalue weighted by molar-refractivity contribution is 7.99. The molecule has 3 nitrogen and oxygen atoms in total. The first kappa shape index (κ1) is 14.6. The van der Waals surface area contributed by atoms with E-state index in [-0.39, 0.29) is 6.10 Å². The topological polar surface area (TPSA) is 32.7 Å². The van der Waals surface area contributed by atoms with E-state index in [4.69, 9.17) is 4.74 Å². The van der Waals surface area contributed by atoms with Crippen molar-refractivity contribution in [2.75, 3.05) is 44.4 Å². The minimum atomic E-state index is -0.0386. The van der Waals surface area contributed by atoms with Crippen LogP contribution >= 0.6 is 11.8 Å². The van der Waals surface area contributed by atoms with Crippen LogP contribution in [0.3, 0.4) is 0 Å². The minimum Gasteiger partial charge on any atom is -0.392 e. The highest BCUT2D eigenvalue weighted by atomic mass is 32.2. The lowest BCUT2D eigenvalue weighted by Gasteiger charge is -2.44. The summed E-state index contributed by atoms with van der Waals surface area (Å²) >= 11 is 2.02. The smallest absolute Gasteiger partial charge is 0.0636 e. The molecule has 2 bridgehead atoms. The van der Waals surface area contributed by atoms with Crippen LogP contribution in [0.25, 0.3) is 0 Å². The van der Waals surface area contributed by atoms with Crippen molar-refractivity contribution in [2.45, 2.75) is 32.3 Å². The molecule has 0 radical (unpaired) electrons. The molecule has 0 aromatic rings. The Hall–Kier alpha value is 0.230. The van der Waals surface area contributed by atoms with Gasteiger partial charge in [-0.1, -0.05) is 13.3 Å². The lowest BCUT2D eigenvalue weighted by molar-refractivity contribution is -0.0110. The largest absolute Gasteiger partial charge is 0.392 e. The number of thioether (sulfide) groups is 1. The van der Waals surface area contributed by atoms with E-state index >= 15 is 0 Å². The summed E-state index contributed by atoms with van der Waals surface area (Å²) in [7, 11) is 0. The SMILES string of the molecule is CCCCOCCCN1CC2CSCC(C1)C2O. The molecule has 2 heterocycles. The van der Waals surface area contributed by atoms with Crippen LogP contribution in [0.4, 0.5) is 0 Å². The molecule has 2 rings (SSSR count). The van der Waals surface area contributed by atoms with Crippen molar-refractivity contribution in [2.24, 2.45) is 11.8 Å². The first-order chi connectivity index (χ1) is 8.81. The summed E-state index contributed by atoms with van der Waals surface area (Å²) in [6.07, 6.45) is 3.48. The van der Waals surface area contributed by atoms with Crippen molar-refractivity contribution in [3.05, 3.63) is 0 Å². The van der Waals surface area contributed by atoms with Crippen molar-refractivity contribution in [3.63, 3.8) is 0 Å². The van der Waals surface area contributed by atoms with E-state index in [9.17, 15) is 5.11 Å². The molecule has 0 aliphatic carbocycles. The van der Waals surface area contributed by atoms with E-state index in [1.165, 1.54) is 12.8 Å². The summed E-state index contributed by atoms with van der Waals surface area (Å²) in [6, 6.07) is 0. The maximum absolute atomic E-state index is 10.1. The van der Waals surface area contributed by atoms with Crippen molar-refractivity contribution >= 4 is 11.8 Å². The van der Waals surface area contributed by atoms with Crippen LogP contribution in [-0.4, -0.2) is 60.5 Å². The van der Waals surface area contributed by atoms with E-state index in [1.54, 1.807) is 0 Å². The molecule has 2 unspecified atom stereocenters. The zero-order valence-electron chi connectivity index (χ0n) is 11.5. The van der Waals surface area contributed by atoms with Gasteiger partial charge < -0.3 is 14.7 Å². The summed E-state index contributed by atoms with van der Waals surface area (Å²) in [5.74, 6) is 3.29. The third-order valence-corrected chi connectivity index (χ3v) is 5.35. The van der Waals surface area contributed by atoms with E-state index < -0.39 is 0 Å². The third-order valence-electron chi connectivity index (χ3n) is 4.02. The van der Waals surface area contributed by atoms with Gasteiger partial charge in [0.2, 0.25) is 0 Å². The van der Waals surface area contributed by atoms with E-state index in [1.807, 2.05) is 11.8 Å². The van der Waals surface area contributed by atoms with Crippen LogP contribution < -0.4 is 0 Å². The Balaban J connectivity index is 1.60. The summed E-state index contributed by atoms with van der Waals surface area (Å²) < 4.78 is 5.60. The summed E-state index contributed by atoms with van der Waals surface area (Å²) in [4.78, 5) is 2.53. The number of hydrogen-bond donors (Lipinski definition) is 1. The summed E-state index contributed by atoms with van der Waals surface area (Å²) in [5.41, 5.74) is 0. The van der Waals surface area contributed by atoms with Gasteiger partial charge in [-0.05, 0) is 24.3 Å². The first-order valence-electron chi connectivity index (χ1n) is 7.37. The highest BCUT2D eigenvalue weighted by Gasteiger charge is 2.38. The van der Waals surface area contributed by atoms with Crippen molar-refractivity contribution in [3.8, 4) is 0 Å². The molecular formula is C14H27NO2S. The molecule has 106 valence electrons. The Labute approximate surface area is 115 Å². The lowest BCUT2D eigenvalue weighted by Crippen LogP contribution is -2.53. The molecular weight excluding hydrogens is 246 g/mol. The van der Waals surface area contributed by atoms with Crippen LogP contribution in [0.2, 0.25) is 0 Å². The van der Waals surface area contributed by atoms with Crippen molar-refractivity contribution in [1.29, 1.82) is 0 Å². The van der Waals surface area contributed by atoms with Crippen LogP contribution in [0.5, 0.6) is 0 Å². The number of fused-ring (bicyclic) bond motifs is 2. The number of unbranched alkanes of at least 4 members (excludes halogenated alkanes) is 1.